The highest BCUT2D eigenvalue weighted by atomic mass is 35.5. The van der Waals surface area contributed by atoms with Gasteiger partial charge in [0.1, 0.15) is 6.04 Å². The quantitative estimate of drug-likeness (QED) is 0.856. The predicted octanol–water partition coefficient (Wildman–Crippen LogP) is 2.61. The zero-order valence-electron chi connectivity index (χ0n) is 12.8. The molecule has 0 aliphatic carbocycles. The Bertz CT molecular complexity index is 697. The largest absolute Gasteiger partial charge is 0.480 e. The molecule has 2 aliphatic rings. The molecule has 0 bridgehead atoms. The Balaban J connectivity index is 1.71. The molecule has 0 radical (unpaired) electrons. The fraction of sp³-hybridized carbons (Fsp3) is 0.438. The van der Waals surface area contributed by atoms with Crippen molar-refractivity contribution in [2.75, 3.05) is 11.9 Å². The number of carboxylic acid groups (broad SMARTS) is 1. The van der Waals surface area contributed by atoms with Crippen LogP contribution < -0.4 is 5.32 Å². The van der Waals surface area contributed by atoms with Crippen molar-refractivity contribution in [3.05, 3.63) is 23.2 Å². The third-order valence-electron chi connectivity index (χ3n) is 4.23. The first kappa shape index (κ1) is 17.1. The van der Waals surface area contributed by atoms with Crippen LogP contribution in [-0.4, -0.2) is 45.6 Å². The molecule has 1 saturated heterocycles. The van der Waals surface area contributed by atoms with Crippen LogP contribution in [0.1, 0.15) is 25.7 Å². The van der Waals surface area contributed by atoms with Gasteiger partial charge in [0.05, 0.1) is 10.9 Å². The van der Waals surface area contributed by atoms with Crippen LogP contribution in [0, 0.1) is 0 Å². The molecule has 1 fully saturated rings. The number of aliphatic carboxylic acids is 1. The molecule has 2 atom stereocenters. The molecule has 2 heterocycles. The zero-order chi connectivity index (χ0) is 17.3. The number of carboxylic acids is 1. The highest BCUT2D eigenvalue weighted by Gasteiger charge is 2.35. The predicted molar refractivity (Wildman–Crippen MR) is 91.3 cm³/mol. The first-order chi connectivity index (χ1) is 11.5. The fourth-order valence-corrected chi connectivity index (χ4v) is 4.27. The summed E-state index contributed by atoms with van der Waals surface area (Å²) >= 11 is 7.23. The van der Waals surface area contributed by atoms with E-state index < -0.39 is 17.3 Å². The summed E-state index contributed by atoms with van der Waals surface area (Å²) in [5, 5.41) is 12.0. The topological polar surface area (TPSA) is 86.7 Å². The van der Waals surface area contributed by atoms with Crippen LogP contribution in [0.25, 0.3) is 0 Å². The van der Waals surface area contributed by atoms with Crippen molar-refractivity contribution in [3.63, 3.8) is 0 Å². The number of piperidine rings is 1. The SMILES string of the molecule is O=C1Nc2cc(Cl)ccc2SC1CC(=O)N1CCCCC1C(=O)O. The Morgan fingerprint density at radius 3 is 2.92 bits per heavy atom. The average Bonchev–Trinajstić information content (AvgIpc) is 2.55. The van der Waals surface area contributed by atoms with Crippen molar-refractivity contribution in [1.29, 1.82) is 0 Å². The van der Waals surface area contributed by atoms with E-state index in [9.17, 15) is 19.5 Å². The number of carbonyl (C=O) groups excluding carboxylic acids is 2. The molecule has 2 aliphatic heterocycles. The number of benzene rings is 1. The van der Waals surface area contributed by atoms with Gasteiger partial charge in [-0.2, -0.15) is 0 Å². The first-order valence-corrected chi connectivity index (χ1v) is 9.01. The number of amides is 2. The highest BCUT2D eigenvalue weighted by molar-refractivity contribution is 8.01. The molecule has 24 heavy (non-hydrogen) atoms. The lowest BCUT2D eigenvalue weighted by atomic mass is 10.0. The van der Waals surface area contributed by atoms with Crippen LogP contribution >= 0.6 is 23.4 Å². The lowest BCUT2D eigenvalue weighted by Crippen LogP contribution is -2.49. The van der Waals surface area contributed by atoms with Gasteiger partial charge in [0.15, 0.2) is 0 Å². The number of hydrogen-bond donors (Lipinski definition) is 2. The summed E-state index contributed by atoms with van der Waals surface area (Å²) in [6, 6.07) is 4.42. The van der Waals surface area contributed by atoms with Crippen LogP contribution in [0.2, 0.25) is 5.02 Å². The Kier molecular flexibility index (Phi) is 5.01. The summed E-state index contributed by atoms with van der Waals surface area (Å²) in [4.78, 5) is 38.4. The number of hydrogen-bond acceptors (Lipinski definition) is 4. The smallest absolute Gasteiger partial charge is 0.326 e. The first-order valence-electron chi connectivity index (χ1n) is 7.75. The molecule has 1 aromatic carbocycles. The van der Waals surface area contributed by atoms with Gasteiger partial charge in [-0.25, -0.2) is 4.79 Å². The van der Waals surface area contributed by atoms with E-state index in [1.165, 1.54) is 16.7 Å². The maximum Gasteiger partial charge on any atom is 0.326 e. The van der Waals surface area contributed by atoms with E-state index in [0.717, 1.165) is 17.7 Å². The minimum Gasteiger partial charge on any atom is -0.480 e. The van der Waals surface area contributed by atoms with Gasteiger partial charge in [0, 0.05) is 22.9 Å². The summed E-state index contributed by atoms with van der Waals surface area (Å²) in [5.74, 6) is -1.53. The second kappa shape index (κ2) is 7.03. The van der Waals surface area contributed by atoms with Gasteiger partial charge in [0.25, 0.3) is 0 Å². The van der Waals surface area contributed by atoms with Crippen molar-refractivity contribution in [2.24, 2.45) is 0 Å². The number of likely N-dealkylation sites (tertiary alicyclic amines) is 1. The molecule has 1 aromatic rings. The van der Waals surface area contributed by atoms with E-state index in [-0.39, 0.29) is 18.2 Å². The van der Waals surface area contributed by atoms with Crippen LogP contribution in [0.15, 0.2) is 23.1 Å². The second-order valence-electron chi connectivity index (χ2n) is 5.88. The third-order valence-corrected chi connectivity index (χ3v) is 5.74. The van der Waals surface area contributed by atoms with Crippen LogP contribution in [0.4, 0.5) is 5.69 Å². The molecule has 0 saturated carbocycles. The minimum atomic E-state index is -0.983. The normalized spacial score (nSPS) is 23.4. The monoisotopic (exact) mass is 368 g/mol. The Labute approximate surface area is 148 Å². The molecule has 0 aromatic heterocycles. The maximum atomic E-state index is 12.5. The van der Waals surface area contributed by atoms with Gasteiger partial charge in [-0.05, 0) is 37.5 Å². The van der Waals surface area contributed by atoms with Crippen LogP contribution in [0.3, 0.4) is 0 Å². The van der Waals surface area contributed by atoms with Crippen molar-refractivity contribution in [2.45, 2.75) is 41.9 Å². The fourth-order valence-electron chi connectivity index (χ4n) is 3.02. The minimum absolute atomic E-state index is 0.0116. The van der Waals surface area contributed by atoms with E-state index in [4.69, 9.17) is 11.6 Å². The second-order valence-corrected chi connectivity index (χ2v) is 7.56. The van der Waals surface area contributed by atoms with Crippen molar-refractivity contribution < 1.29 is 19.5 Å². The van der Waals surface area contributed by atoms with Gasteiger partial charge in [-0.1, -0.05) is 11.6 Å². The number of rotatable bonds is 3. The molecule has 6 nitrogen and oxygen atoms in total. The van der Waals surface area contributed by atoms with E-state index in [2.05, 4.69) is 5.32 Å². The van der Waals surface area contributed by atoms with E-state index in [1.807, 2.05) is 0 Å². The van der Waals surface area contributed by atoms with Gasteiger partial charge < -0.3 is 15.3 Å². The van der Waals surface area contributed by atoms with E-state index in [0.29, 0.717) is 23.7 Å². The number of nitrogens with one attached hydrogen (secondary N) is 1. The number of thioether (sulfide) groups is 1. The maximum absolute atomic E-state index is 12.5. The van der Waals surface area contributed by atoms with Gasteiger partial charge in [0.2, 0.25) is 11.8 Å². The molecular formula is C16H17ClN2O4S. The summed E-state index contributed by atoms with van der Waals surface area (Å²) in [5.41, 5.74) is 0.641. The Hall–Kier alpha value is -1.73. The number of carbonyl (C=O) groups is 3. The van der Waals surface area contributed by atoms with Crippen molar-refractivity contribution in [1.82, 2.24) is 4.90 Å². The molecule has 2 unspecified atom stereocenters. The molecule has 2 N–H and O–H groups in total. The number of anilines is 1. The molecule has 0 spiro atoms. The van der Waals surface area contributed by atoms with Crippen LogP contribution in [-0.2, 0) is 14.4 Å². The highest BCUT2D eigenvalue weighted by Crippen LogP contribution is 2.38. The summed E-state index contributed by atoms with van der Waals surface area (Å²) in [6.07, 6.45) is 2.04. The summed E-state index contributed by atoms with van der Waals surface area (Å²) in [6.45, 7) is 0.432. The lowest BCUT2D eigenvalue weighted by molar-refractivity contribution is -0.152. The molecule has 128 valence electrons. The Morgan fingerprint density at radius 2 is 2.17 bits per heavy atom. The Morgan fingerprint density at radius 1 is 1.38 bits per heavy atom. The van der Waals surface area contributed by atoms with Crippen LogP contribution in [0.5, 0.6) is 0 Å². The van der Waals surface area contributed by atoms with Gasteiger partial charge in [-0.15, -0.1) is 11.8 Å². The third kappa shape index (κ3) is 3.52. The van der Waals surface area contributed by atoms with E-state index in [1.54, 1.807) is 18.2 Å². The lowest BCUT2D eigenvalue weighted by Gasteiger charge is -2.34. The van der Waals surface area contributed by atoms with E-state index >= 15 is 0 Å². The zero-order valence-corrected chi connectivity index (χ0v) is 14.4. The molecule has 2 amide bonds. The average molecular weight is 369 g/mol. The number of fused-ring (bicyclic) bond motifs is 1. The summed E-state index contributed by atoms with van der Waals surface area (Å²) < 4.78 is 0. The standard InChI is InChI=1S/C16H17ClN2O4S/c17-9-4-5-12-10(7-9)18-15(21)13(24-12)8-14(20)19-6-2-1-3-11(19)16(22)23/h4-5,7,11,13H,1-3,6,8H2,(H,18,21)(H,22,23). The summed E-state index contributed by atoms with van der Waals surface area (Å²) in [7, 11) is 0. The van der Waals surface area contributed by atoms with Gasteiger partial charge >= 0.3 is 5.97 Å². The van der Waals surface area contributed by atoms with Crippen molar-refractivity contribution in [3.8, 4) is 0 Å². The van der Waals surface area contributed by atoms with Gasteiger partial charge in [-0.3, -0.25) is 9.59 Å². The number of nitrogens with zero attached hydrogens (tertiary/aromatic N) is 1. The molecule has 8 heteroatoms. The number of halogens is 1. The molecular weight excluding hydrogens is 352 g/mol. The van der Waals surface area contributed by atoms with Crippen molar-refractivity contribution >= 4 is 46.8 Å². The molecule has 3 rings (SSSR count).